The second kappa shape index (κ2) is 25.0. The van der Waals surface area contributed by atoms with Crippen LogP contribution in [-0.4, -0.2) is 142 Å². The van der Waals surface area contributed by atoms with Gasteiger partial charge in [0.05, 0.1) is 48.4 Å². The Labute approximate surface area is 382 Å². The molecule has 6 N–H and O–H groups in total. The van der Waals surface area contributed by atoms with Crippen LogP contribution in [0.1, 0.15) is 85.3 Å². The number of nitrogen functional groups attached to an aromatic ring is 1. The lowest BCUT2D eigenvalue weighted by molar-refractivity contribution is -0.146. The number of likely N-dealkylation sites (tertiary alicyclic amines) is 1. The van der Waals surface area contributed by atoms with Gasteiger partial charge in [-0.05, 0) is 75.0 Å². The van der Waals surface area contributed by atoms with E-state index in [1.807, 2.05) is 64.6 Å². The van der Waals surface area contributed by atoms with Gasteiger partial charge in [0.2, 0.25) is 27.7 Å². The average molecular weight is 916 g/mol. The van der Waals surface area contributed by atoms with Gasteiger partial charge in [0.1, 0.15) is 12.3 Å². The van der Waals surface area contributed by atoms with E-state index in [9.17, 15) is 32.7 Å². The molecular weight excluding hydrogens is 839 g/mol. The van der Waals surface area contributed by atoms with Crippen molar-refractivity contribution in [2.24, 2.45) is 23.7 Å². The number of benzene rings is 2. The Morgan fingerprint density at radius 3 is 2.02 bits per heavy atom. The van der Waals surface area contributed by atoms with Crippen LogP contribution in [0, 0.1) is 23.7 Å². The van der Waals surface area contributed by atoms with Crippen molar-refractivity contribution in [3.05, 3.63) is 65.7 Å². The smallest absolute Gasteiger partial charge is 0.256 e. The van der Waals surface area contributed by atoms with Gasteiger partial charge in [-0.25, -0.2) is 8.42 Å². The maximum atomic E-state index is 14.4. The molecule has 17 heteroatoms. The van der Waals surface area contributed by atoms with E-state index in [1.165, 1.54) is 7.11 Å². The van der Waals surface area contributed by atoms with E-state index in [4.69, 9.17) is 15.2 Å². The van der Waals surface area contributed by atoms with Gasteiger partial charge >= 0.3 is 0 Å². The summed E-state index contributed by atoms with van der Waals surface area (Å²) in [6, 6.07) is 12.1. The zero-order chi connectivity index (χ0) is 48.1. The van der Waals surface area contributed by atoms with Gasteiger partial charge in [0, 0.05) is 38.9 Å². The van der Waals surface area contributed by atoms with Gasteiger partial charge in [0.25, 0.3) is 5.91 Å². The van der Waals surface area contributed by atoms with Crippen molar-refractivity contribution < 1.29 is 42.2 Å². The molecule has 64 heavy (non-hydrogen) atoms. The number of ether oxygens (including phenoxy) is 2. The molecule has 1 aliphatic heterocycles. The maximum Gasteiger partial charge on any atom is 0.256 e. The second-order valence-corrected chi connectivity index (χ2v) is 20.1. The summed E-state index contributed by atoms with van der Waals surface area (Å²) in [6.07, 6.45) is -0.561. The lowest BCUT2D eigenvalue weighted by atomic mass is 9.89. The Balaban J connectivity index is 1.82. The van der Waals surface area contributed by atoms with Crippen LogP contribution >= 0.6 is 0 Å². The van der Waals surface area contributed by atoms with E-state index in [0.717, 1.165) is 6.42 Å². The average Bonchev–Trinajstić information content (AvgIpc) is 3.72. The SMILES string of the molecule is CCC(C)[C@@H]([C@@H](CC(=O)N1CCC[C@H]1[C@H](OC)[C@@H](C)C(=O)N[C@@H](Cc1ccccc1)C(=O)NS(=O)(=O)Cc1ccc(N)cc1)OC)N(C)C(O)[C@@H](NC(=O)[C@H](C(C)C)N(C)C)C(C)C. The number of aliphatic hydroxyl groups excluding tert-OH is 1. The summed E-state index contributed by atoms with van der Waals surface area (Å²) in [4.78, 5) is 61.2. The number of likely N-dealkylation sites (N-methyl/N-ethyl adjacent to an activating group) is 2. The van der Waals surface area contributed by atoms with Crippen LogP contribution in [0.2, 0.25) is 0 Å². The van der Waals surface area contributed by atoms with Gasteiger partial charge in [-0.2, -0.15) is 0 Å². The van der Waals surface area contributed by atoms with E-state index >= 15 is 0 Å². The molecule has 0 saturated carbocycles. The third kappa shape index (κ3) is 15.0. The van der Waals surface area contributed by atoms with Crippen LogP contribution in [0.5, 0.6) is 0 Å². The number of carbonyl (C=O) groups excluding carboxylic acids is 4. The van der Waals surface area contributed by atoms with Crippen LogP contribution in [-0.2, 0) is 50.8 Å². The number of hydrogen-bond acceptors (Lipinski definition) is 12. The molecule has 2 aromatic carbocycles. The Morgan fingerprint density at radius 1 is 0.859 bits per heavy atom. The number of nitrogens with two attached hydrogens (primary N) is 1. The number of nitrogens with zero attached hydrogens (tertiary/aromatic N) is 3. The standard InChI is InChI=1S/C47H77N7O9S/c1-13-31(6)42(53(10)47(59)40(29(2)3)50-46(58)41(30(4)5)52(8)9)38(62-11)27-39(55)54-25-17-20-37(54)43(63-12)32(7)44(56)49-36(26-33-18-15-14-16-19-33)45(57)51-64(60,61)28-34-21-23-35(48)24-22-34/h14-16,18-19,21-24,29-32,36-38,40-43,47,59H,13,17,20,25-28,48H2,1-12H3,(H,49,56)(H,50,58)(H,51,57)/t31?,32-,36+,37+,38-,40+,41+,42+,43-,47?/m1/s1. The van der Waals surface area contributed by atoms with E-state index in [-0.39, 0.29) is 42.4 Å². The number of sulfonamides is 1. The van der Waals surface area contributed by atoms with Crippen LogP contribution in [0.4, 0.5) is 5.69 Å². The predicted octanol–water partition coefficient (Wildman–Crippen LogP) is 3.38. The Bertz CT molecular complexity index is 1890. The summed E-state index contributed by atoms with van der Waals surface area (Å²) in [6.45, 7) is 14.1. The van der Waals surface area contributed by atoms with E-state index in [1.54, 1.807) is 74.5 Å². The predicted molar refractivity (Wildman–Crippen MR) is 250 cm³/mol. The number of carbonyl (C=O) groups is 4. The summed E-state index contributed by atoms with van der Waals surface area (Å²) >= 11 is 0. The first-order valence-electron chi connectivity index (χ1n) is 22.5. The first-order chi connectivity index (χ1) is 30.1. The molecule has 0 spiro atoms. The van der Waals surface area contributed by atoms with E-state index in [2.05, 4.69) is 22.3 Å². The number of nitrogens with one attached hydrogen (secondary N) is 3. The normalized spacial score (nSPS) is 18.8. The molecule has 2 aromatic rings. The first kappa shape index (κ1) is 54.2. The summed E-state index contributed by atoms with van der Waals surface area (Å²) in [5.74, 6) is -3.24. The van der Waals surface area contributed by atoms with Gasteiger partial charge in [-0.15, -0.1) is 0 Å². The molecule has 16 nitrogen and oxygen atoms in total. The highest BCUT2D eigenvalue weighted by Crippen LogP contribution is 2.30. The topological polar surface area (TPSA) is 213 Å². The molecule has 1 aliphatic rings. The van der Waals surface area contributed by atoms with Gasteiger partial charge in [0.15, 0.2) is 0 Å². The fraction of sp³-hybridized carbons (Fsp3) is 0.660. The summed E-state index contributed by atoms with van der Waals surface area (Å²) in [5, 5.41) is 17.9. The fourth-order valence-corrected chi connectivity index (χ4v) is 10.2. The minimum atomic E-state index is -4.16. The number of anilines is 1. The van der Waals surface area contributed by atoms with Crippen LogP contribution in [0.15, 0.2) is 54.6 Å². The quantitative estimate of drug-likeness (QED) is 0.0717. The Kier molecular flexibility index (Phi) is 21.1. The summed E-state index contributed by atoms with van der Waals surface area (Å²) in [5.41, 5.74) is 7.36. The van der Waals surface area contributed by atoms with E-state index in [0.29, 0.717) is 36.2 Å². The minimum Gasteiger partial charge on any atom is -0.399 e. The lowest BCUT2D eigenvalue weighted by Gasteiger charge is -2.44. The van der Waals surface area contributed by atoms with Gasteiger partial charge < -0.3 is 35.8 Å². The molecule has 3 rings (SSSR count). The van der Waals surface area contributed by atoms with Gasteiger partial charge in [-0.1, -0.05) is 97.4 Å². The van der Waals surface area contributed by atoms with Crippen molar-refractivity contribution in [3.8, 4) is 0 Å². The lowest BCUT2D eigenvalue weighted by Crippen LogP contribution is -2.61. The van der Waals surface area contributed by atoms with Crippen molar-refractivity contribution in [1.29, 1.82) is 0 Å². The van der Waals surface area contributed by atoms with Crippen molar-refractivity contribution in [2.45, 2.75) is 135 Å². The number of hydrogen-bond donors (Lipinski definition) is 5. The Hall–Kier alpha value is -4.13. The molecule has 0 aromatic heterocycles. The van der Waals surface area contributed by atoms with Crippen LogP contribution in [0.3, 0.4) is 0 Å². The number of methoxy groups -OCH3 is 2. The van der Waals surface area contributed by atoms with Crippen molar-refractivity contribution in [2.75, 3.05) is 47.6 Å². The third-order valence-electron chi connectivity index (χ3n) is 12.7. The summed E-state index contributed by atoms with van der Waals surface area (Å²) < 4.78 is 40.5. The highest BCUT2D eigenvalue weighted by molar-refractivity contribution is 7.89. The van der Waals surface area contributed by atoms with Crippen molar-refractivity contribution in [1.82, 2.24) is 30.1 Å². The second-order valence-electron chi connectivity index (χ2n) is 18.4. The molecule has 1 saturated heterocycles. The first-order valence-corrected chi connectivity index (χ1v) is 24.2. The molecule has 4 amide bonds. The molecule has 1 heterocycles. The number of rotatable bonds is 25. The van der Waals surface area contributed by atoms with Crippen molar-refractivity contribution in [3.63, 3.8) is 0 Å². The zero-order valence-corrected chi connectivity index (χ0v) is 40.9. The van der Waals surface area contributed by atoms with E-state index < -0.39 is 82.2 Å². The highest BCUT2D eigenvalue weighted by atomic mass is 32.2. The number of aliphatic hydroxyl groups is 1. The summed E-state index contributed by atoms with van der Waals surface area (Å²) in [7, 11) is 4.39. The van der Waals surface area contributed by atoms with Crippen LogP contribution in [0.25, 0.3) is 0 Å². The zero-order valence-electron chi connectivity index (χ0n) is 40.1. The Morgan fingerprint density at radius 2 is 1.48 bits per heavy atom. The van der Waals surface area contributed by atoms with Crippen LogP contribution < -0.4 is 21.1 Å². The number of amides is 4. The third-order valence-corrected chi connectivity index (χ3v) is 13.9. The fourth-order valence-electron chi connectivity index (χ4n) is 9.05. The molecule has 360 valence electrons. The minimum absolute atomic E-state index is 0.0189. The molecule has 0 radical (unpaired) electrons. The highest BCUT2D eigenvalue weighted by Gasteiger charge is 2.44. The molecule has 0 bridgehead atoms. The molecule has 10 atom stereocenters. The van der Waals surface area contributed by atoms with Crippen molar-refractivity contribution >= 4 is 39.3 Å². The monoisotopic (exact) mass is 916 g/mol. The molecule has 0 aliphatic carbocycles. The molecule has 1 fully saturated rings. The molecular formula is C47H77N7O9S. The maximum absolute atomic E-state index is 14.4. The largest absolute Gasteiger partial charge is 0.399 e. The van der Waals surface area contributed by atoms with Gasteiger partial charge in [-0.3, -0.25) is 33.7 Å². The molecule has 2 unspecified atom stereocenters.